The molecule has 0 amide bonds. The number of rotatable bonds is 3. The van der Waals surface area contributed by atoms with Crippen molar-refractivity contribution >= 4 is 27.3 Å². The quantitative estimate of drug-likeness (QED) is 0.874. The first-order chi connectivity index (χ1) is 8.11. The minimum Gasteiger partial charge on any atom is -0.468 e. The lowest BCUT2D eigenvalue weighted by molar-refractivity contribution is 0.350. The second kappa shape index (κ2) is 5.01. The fourth-order valence-corrected chi connectivity index (χ4v) is 2.94. The molecule has 2 rings (SSSR count). The summed E-state index contributed by atoms with van der Waals surface area (Å²) in [6.07, 6.45) is 0. The average molecular weight is 315 g/mol. The molecule has 0 aliphatic carbocycles. The maximum Gasteiger partial charge on any atom is 0.299 e. The molecule has 2 aromatic rings. The molecule has 2 aromatic heterocycles. The van der Waals surface area contributed by atoms with E-state index in [-0.39, 0.29) is 5.56 Å². The predicted molar refractivity (Wildman–Crippen MR) is 70.9 cm³/mol. The summed E-state index contributed by atoms with van der Waals surface area (Å²) in [4.78, 5) is 17.1. The van der Waals surface area contributed by atoms with Crippen molar-refractivity contribution < 1.29 is 4.74 Å². The maximum atomic E-state index is 11.9. The van der Waals surface area contributed by atoms with Crippen LogP contribution in [-0.2, 0) is 6.54 Å². The number of nitrogens with zero attached hydrogens (tertiary/aromatic N) is 2. The molecule has 2 heterocycles. The molecule has 17 heavy (non-hydrogen) atoms. The molecule has 0 unspecified atom stereocenters. The van der Waals surface area contributed by atoms with Gasteiger partial charge in [-0.15, -0.1) is 11.3 Å². The van der Waals surface area contributed by atoms with Crippen molar-refractivity contribution in [2.75, 3.05) is 7.11 Å². The summed E-state index contributed by atoms with van der Waals surface area (Å²) >= 11 is 5.03. The lowest BCUT2D eigenvalue weighted by Crippen LogP contribution is -2.23. The number of ether oxygens (including phenoxy) is 1. The van der Waals surface area contributed by atoms with Crippen molar-refractivity contribution in [1.82, 2.24) is 9.55 Å². The van der Waals surface area contributed by atoms with E-state index in [1.807, 2.05) is 11.4 Å². The van der Waals surface area contributed by atoms with Gasteiger partial charge in [0.05, 0.1) is 13.7 Å². The van der Waals surface area contributed by atoms with E-state index in [0.29, 0.717) is 18.2 Å². The van der Waals surface area contributed by atoms with Gasteiger partial charge in [0.25, 0.3) is 11.6 Å². The first kappa shape index (κ1) is 12.3. The second-order valence-corrected chi connectivity index (χ2v) is 5.36. The SMILES string of the molecule is COc1nc(C)cc(=O)n1Cc1sccc1Br. The zero-order valence-electron chi connectivity index (χ0n) is 9.44. The molecule has 90 valence electrons. The Morgan fingerprint density at radius 1 is 1.59 bits per heavy atom. The van der Waals surface area contributed by atoms with Crippen molar-refractivity contribution in [3.63, 3.8) is 0 Å². The number of halogens is 1. The van der Waals surface area contributed by atoms with E-state index in [1.54, 1.807) is 18.3 Å². The van der Waals surface area contributed by atoms with Gasteiger partial charge in [0, 0.05) is 21.1 Å². The molecular formula is C11H11BrN2O2S. The molecule has 4 nitrogen and oxygen atoms in total. The smallest absolute Gasteiger partial charge is 0.299 e. The van der Waals surface area contributed by atoms with Crippen molar-refractivity contribution in [2.24, 2.45) is 0 Å². The van der Waals surface area contributed by atoms with E-state index in [0.717, 1.165) is 9.35 Å². The first-order valence-corrected chi connectivity index (χ1v) is 6.63. The fraction of sp³-hybridized carbons (Fsp3) is 0.273. The van der Waals surface area contributed by atoms with Crippen LogP contribution in [0, 0.1) is 6.92 Å². The van der Waals surface area contributed by atoms with E-state index in [9.17, 15) is 4.79 Å². The number of hydrogen-bond donors (Lipinski definition) is 0. The van der Waals surface area contributed by atoms with E-state index < -0.39 is 0 Å². The lowest BCUT2D eigenvalue weighted by atomic mass is 10.4. The number of thiophene rings is 1. The van der Waals surface area contributed by atoms with Gasteiger partial charge < -0.3 is 4.74 Å². The van der Waals surface area contributed by atoms with E-state index in [1.165, 1.54) is 17.7 Å². The third-order valence-corrected chi connectivity index (χ3v) is 4.19. The molecule has 0 saturated heterocycles. The molecule has 0 bridgehead atoms. The molecule has 0 atom stereocenters. The van der Waals surface area contributed by atoms with Crippen molar-refractivity contribution in [1.29, 1.82) is 0 Å². The van der Waals surface area contributed by atoms with E-state index >= 15 is 0 Å². The lowest BCUT2D eigenvalue weighted by Gasteiger charge is -2.10. The van der Waals surface area contributed by atoms with Gasteiger partial charge in [0.15, 0.2) is 0 Å². The van der Waals surface area contributed by atoms with Crippen LogP contribution >= 0.6 is 27.3 Å². The number of aromatic nitrogens is 2. The summed E-state index contributed by atoms with van der Waals surface area (Å²) in [5.74, 6) is 0. The highest BCUT2D eigenvalue weighted by Crippen LogP contribution is 2.24. The van der Waals surface area contributed by atoms with Gasteiger partial charge in [-0.2, -0.15) is 0 Å². The van der Waals surface area contributed by atoms with Crippen LogP contribution in [0.3, 0.4) is 0 Å². The molecule has 0 aromatic carbocycles. The summed E-state index contributed by atoms with van der Waals surface area (Å²) in [6, 6.07) is 3.80. The summed E-state index contributed by atoms with van der Waals surface area (Å²) < 4.78 is 7.65. The molecule has 0 fully saturated rings. The van der Waals surface area contributed by atoms with Crippen molar-refractivity contribution in [3.8, 4) is 6.01 Å². The van der Waals surface area contributed by atoms with Crippen LogP contribution in [0.4, 0.5) is 0 Å². The van der Waals surface area contributed by atoms with E-state index in [2.05, 4.69) is 20.9 Å². The predicted octanol–water partition coefficient (Wildman–Crippen LogP) is 2.43. The Hall–Kier alpha value is -1.14. The van der Waals surface area contributed by atoms with Crippen LogP contribution in [0.25, 0.3) is 0 Å². The highest BCUT2D eigenvalue weighted by Gasteiger charge is 2.10. The highest BCUT2D eigenvalue weighted by molar-refractivity contribution is 9.10. The third kappa shape index (κ3) is 2.58. The standard InChI is InChI=1S/C11H11BrN2O2S/c1-7-5-10(15)14(11(13-7)16-2)6-9-8(12)3-4-17-9/h3-5H,6H2,1-2H3. The summed E-state index contributed by atoms with van der Waals surface area (Å²) in [7, 11) is 1.52. The Morgan fingerprint density at radius 3 is 2.94 bits per heavy atom. The zero-order valence-corrected chi connectivity index (χ0v) is 11.8. The van der Waals surface area contributed by atoms with Crippen LogP contribution in [0.15, 0.2) is 26.8 Å². The zero-order chi connectivity index (χ0) is 12.4. The first-order valence-electron chi connectivity index (χ1n) is 4.96. The van der Waals surface area contributed by atoms with Crippen molar-refractivity contribution in [3.05, 3.63) is 42.9 Å². The second-order valence-electron chi connectivity index (χ2n) is 3.50. The Morgan fingerprint density at radius 2 is 2.35 bits per heavy atom. The highest BCUT2D eigenvalue weighted by atomic mass is 79.9. The molecule has 0 N–H and O–H groups in total. The number of methoxy groups -OCH3 is 1. The molecule has 0 aliphatic rings. The Kier molecular flexibility index (Phi) is 3.63. The molecular weight excluding hydrogens is 304 g/mol. The molecule has 6 heteroatoms. The minimum absolute atomic E-state index is 0.102. The minimum atomic E-state index is -0.102. The van der Waals surface area contributed by atoms with Gasteiger partial charge in [-0.05, 0) is 34.3 Å². The van der Waals surface area contributed by atoms with Crippen LogP contribution < -0.4 is 10.3 Å². The topological polar surface area (TPSA) is 44.1 Å². The van der Waals surface area contributed by atoms with Crippen LogP contribution in [0.2, 0.25) is 0 Å². The van der Waals surface area contributed by atoms with Crippen molar-refractivity contribution in [2.45, 2.75) is 13.5 Å². The van der Waals surface area contributed by atoms with Gasteiger partial charge in [-0.3, -0.25) is 9.36 Å². The van der Waals surface area contributed by atoms with E-state index in [4.69, 9.17) is 4.74 Å². The monoisotopic (exact) mass is 314 g/mol. The average Bonchev–Trinajstić information content (AvgIpc) is 2.68. The summed E-state index contributed by atoms with van der Waals surface area (Å²) in [6.45, 7) is 2.24. The van der Waals surface area contributed by atoms with Crippen LogP contribution in [0.1, 0.15) is 10.6 Å². The number of aryl methyl sites for hydroxylation is 1. The Balaban J connectivity index is 2.45. The van der Waals surface area contributed by atoms with Gasteiger partial charge in [-0.25, -0.2) is 4.98 Å². The Bertz CT molecular complexity index is 591. The largest absolute Gasteiger partial charge is 0.468 e. The molecule has 0 aliphatic heterocycles. The summed E-state index contributed by atoms with van der Waals surface area (Å²) in [5.41, 5.74) is 0.558. The van der Waals surface area contributed by atoms with Gasteiger partial charge in [0.2, 0.25) is 0 Å². The fourth-order valence-electron chi connectivity index (χ4n) is 1.48. The van der Waals surface area contributed by atoms with Gasteiger partial charge >= 0.3 is 0 Å². The molecule has 0 spiro atoms. The number of hydrogen-bond acceptors (Lipinski definition) is 4. The molecule has 0 saturated carbocycles. The van der Waals surface area contributed by atoms with Gasteiger partial charge in [0.1, 0.15) is 0 Å². The van der Waals surface area contributed by atoms with Crippen LogP contribution in [-0.4, -0.2) is 16.7 Å². The summed E-state index contributed by atoms with van der Waals surface area (Å²) in [5, 5.41) is 1.97. The maximum absolute atomic E-state index is 11.9. The third-order valence-electron chi connectivity index (χ3n) is 2.28. The Labute approximate surface area is 111 Å². The van der Waals surface area contributed by atoms with Gasteiger partial charge in [-0.1, -0.05) is 0 Å². The normalized spacial score (nSPS) is 10.5. The molecule has 0 radical (unpaired) electrons. The van der Waals surface area contributed by atoms with Crippen LogP contribution in [0.5, 0.6) is 6.01 Å².